The third-order valence-corrected chi connectivity index (χ3v) is 4.70. The van der Waals surface area contributed by atoms with Crippen molar-refractivity contribution in [2.45, 2.75) is 13.5 Å². The molecule has 0 spiro atoms. The van der Waals surface area contributed by atoms with Crippen LogP contribution < -0.4 is 10.2 Å². The van der Waals surface area contributed by atoms with E-state index < -0.39 is 0 Å². The molecule has 3 rings (SSSR count). The van der Waals surface area contributed by atoms with Crippen LogP contribution in [0.1, 0.15) is 18.1 Å². The Labute approximate surface area is 155 Å². The molecule has 5 heteroatoms. The molecule has 0 bridgehead atoms. The van der Waals surface area contributed by atoms with E-state index in [4.69, 9.17) is 0 Å². The summed E-state index contributed by atoms with van der Waals surface area (Å²) in [7, 11) is 2.14. The summed E-state index contributed by atoms with van der Waals surface area (Å²) in [5.74, 6) is 0.893. The van der Waals surface area contributed by atoms with Gasteiger partial charge in [-0.2, -0.15) is 0 Å². The fraction of sp³-hybridized carbons (Fsp3) is 0.333. The third-order valence-electron chi connectivity index (χ3n) is 4.70. The van der Waals surface area contributed by atoms with Crippen LogP contribution in [0.4, 0.5) is 5.82 Å². The molecule has 2 heterocycles. The number of piperazine rings is 1. The first-order chi connectivity index (χ1) is 12.6. The smallest absolute Gasteiger partial charge is 0.244 e. The molecule has 1 fully saturated rings. The molecule has 0 atom stereocenters. The van der Waals surface area contributed by atoms with E-state index in [0.29, 0.717) is 6.54 Å². The molecule has 1 amide bonds. The van der Waals surface area contributed by atoms with Crippen LogP contribution in [0.2, 0.25) is 0 Å². The summed E-state index contributed by atoms with van der Waals surface area (Å²) in [6, 6.07) is 13.9. The number of aromatic nitrogens is 1. The van der Waals surface area contributed by atoms with E-state index in [-0.39, 0.29) is 5.91 Å². The van der Waals surface area contributed by atoms with Gasteiger partial charge in [0, 0.05) is 50.6 Å². The van der Waals surface area contributed by atoms with Crippen molar-refractivity contribution in [3.63, 3.8) is 0 Å². The van der Waals surface area contributed by atoms with Gasteiger partial charge in [0.25, 0.3) is 0 Å². The molecular formula is C21H26N4O. The van der Waals surface area contributed by atoms with Gasteiger partial charge >= 0.3 is 0 Å². The Morgan fingerprint density at radius 1 is 1.12 bits per heavy atom. The van der Waals surface area contributed by atoms with Gasteiger partial charge in [-0.15, -0.1) is 0 Å². The third kappa shape index (κ3) is 4.70. The van der Waals surface area contributed by atoms with E-state index in [0.717, 1.165) is 48.7 Å². The van der Waals surface area contributed by atoms with E-state index in [1.165, 1.54) is 0 Å². The second-order valence-corrected chi connectivity index (χ2v) is 6.69. The number of allylic oxidation sites excluding steroid dienone is 1. The van der Waals surface area contributed by atoms with Crippen molar-refractivity contribution in [2.24, 2.45) is 0 Å². The van der Waals surface area contributed by atoms with Gasteiger partial charge in [-0.1, -0.05) is 36.4 Å². The SMILES string of the molecule is C/C(=C\C(=O)NCc1cccnc1N1CCN(C)CC1)c1ccccc1. The van der Waals surface area contributed by atoms with Crippen molar-refractivity contribution in [1.29, 1.82) is 0 Å². The monoisotopic (exact) mass is 350 g/mol. The molecule has 1 N–H and O–H groups in total. The molecule has 0 saturated carbocycles. The summed E-state index contributed by atoms with van der Waals surface area (Å²) in [4.78, 5) is 21.5. The predicted molar refractivity (Wildman–Crippen MR) is 106 cm³/mol. The summed E-state index contributed by atoms with van der Waals surface area (Å²) >= 11 is 0. The molecule has 5 nitrogen and oxygen atoms in total. The number of anilines is 1. The molecule has 26 heavy (non-hydrogen) atoms. The first-order valence-electron chi connectivity index (χ1n) is 9.02. The Morgan fingerprint density at radius 2 is 1.85 bits per heavy atom. The summed E-state index contributed by atoms with van der Waals surface area (Å²) in [6.45, 7) is 6.41. The first kappa shape index (κ1) is 18.1. The molecule has 1 aliphatic rings. The maximum Gasteiger partial charge on any atom is 0.244 e. The Morgan fingerprint density at radius 3 is 2.58 bits per heavy atom. The number of carbonyl (C=O) groups is 1. The van der Waals surface area contributed by atoms with E-state index >= 15 is 0 Å². The lowest BCUT2D eigenvalue weighted by Gasteiger charge is -2.34. The van der Waals surface area contributed by atoms with Gasteiger partial charge in [0.15, 0.2) is 0 Å². The summed E-state index contributed by atoms with van der Waals surface area (Å²) in [5.41, 5.74) is 3.06. The van der Waals surface area contributed by atoms with Crippen LogP contribution in [0.25, 0.3) is 5.57 Å². The van der Waals surface area contributed by atoms with Crippen molar-refractivity contribution in [2.75, 3.05) is 38.1 Å². The molecule has 1 aromatic heterocycles. The molecule has 2 aromatic rings. The van der Waals surface area contributed by atoms with Crippen molar-refractivity contribution < 1.29 is 4.79 Å². The van der Waals surface area contributed by atoms with Crippen molar-refractivity contribution in [3.8, 4) is 0 Å². The number of pyridine rings is 1. The Bertz CT molecular complexity index is 765. The number of likely N-dealkylation sites (N-methyl/N-ethyl adjacent to an activating group) is 1. The minimum atomic E-state index is -0.0838. The van der Waals surface area contributed by atoms with Crippen LogP contribution in [0.15, 0.2) is 54.7 Å². The highest BCUT2D eigenvalue weighted by Gasteiger charge is 2.18. The fourth-order valence-electron chi connectivity index (χ4n) is 3.09. The summed E-state index contributed by atoms with van der Waals surface area (Å²) in [5, 5.41) is 3.00. The predicted octanol–water partition coefficient (Wildman–Crippen LogP) is 2.55. The lowest BCUT2D eigenvalue weighted by atomic mass is 10.1. The van der Waals surface area contributed by atoms with Gasteiger partial charge in [0.1, 0.15) is 5.82 Å². The van der Waals surface area contributed by atoms with Crippen LogP contribution in [0, 0.1) is 0 Å². The Hall–Kier alpha value is -2.66. The molecule has 0 radical (unpaired) electrons. The number of amides is 1. The van der Waals surface area contributed by atoms with E-state index in [9.17, 15) is 4.79 Å². The minimum Gasteiger partial charge on any atom is -0.354 e. The number of nitrogens with one attached hydrogen (secondary N) is 1. The quantitative estimate of drug-likeness (QED) is 0.842. The van der Waals surface area contributed by atoms with E-state index in [1.54, 1.807) is 6.08 Å². The number of hydrogen-bond acceptors (Lipinski definition) is 4. The van der Waals surface area contributed by atoms with E-state index in [2.05, 4.69) is 27.1 Å². The normalized spacial score (nSPS) is 15.8. The summed E-state index contributed by atoms with van der Waals surface area (Å²) < 4.78 is 0. The average molecular weight is 350 g/mol. The van der Waals surface area contributed by atoms with Gasteiger partial charge in [0.2, 0.25) is 5.91 Å². The number of nitrogens with zero attached hydrogens (tertiary/aromatic N) is 3. The molecule has 1 aliphatic heterocycles. The molecule has 0 aliphatic carbocycles. The van der Waals surface area contributed by atoms with Gasteiger partial charge in [-0.3, -0.25) is 4.79 Å². The second kappa shape index (κ2) is 8.63. The van der Waals surface area contributed by atoms with Crippen molar-refractivity contribution in [3.05, 3.63) is 65.9 Å². The maximum atomic E-state index is 12.3. The van der Waals surface area contributed by atoms with Gasteiger partial charge < -0.3 is 15.1 Å². The van der Waals surface area contributed by atoms with Crippen LogP contribution in [0.5, 0.6) is 0 Å². The minimum absolute atomic E-state index is 0.0838. The maximum absolute atomic E-state index is 12.3. The number of benzene rings is 1. The average Bonchev–Trinajstić information content (AvgIpc) is 2.68. The zero-order valence-corrected chi connectivity index (χ0v) is 15.5. The van der Waals surface area contributed by atoms with Crippen LogP contribution in [-0.4, -0.2) is 49.0 Å². The number of carbonyl (C=O) groups excluding carboxylic acids is 1. The Balaban J connectivity index is 1.64. The lowest BCUT2D eigenvalue weighted by molar-refractivity contribution is -0.116. The van der Waals surface area contributed by atoms with Crippen LogP contribution in [-0.2, 0) is 11.3 Å². The van der Waals surface area contributed by atoms with Gasteiger partial charge in [-0.25, -0.2) is 4.98 Å². The molecule has 0 unspecified atom stereocenters. The highest BCUT2D eigenvalue weighted by Crippen LogP contribution is 2.19. The van der Waals surface area contributed by atoms with Crippen molar-refractivity contribution in [1.82, 2.24) is 15.2 Å². The summed E-state index contributed by atoms with van der Waals surface area (Å²) in [6.07, 6.45) is 3.47. The highest BCUT2D eigenvalue weighted by molar-refractivity contribution is 5.94. The zero-order valence-electron chi connectivity index (χ0n) is 15.5. The standard InChI is InChI=1S/C21H26N4O/c1-17(18-7-4-3-5-8-18)15-20(26)23-16-19-9-6-10-22-21(19)25-13-11-24(2)12-14-25/h3-10,15H,11-14,16H2,1-2H3,(H,23,26)/b17-15+. The number of rotatable bonds is 5. The Kier molecular flexibility index (Phi) is 6.02. The molecule has 1 saturated heterocycles. The van der Waals surface area contributed by atoms with Gasteiger partial charge in [0.05, 0.1) is 0 Å². The fourth-order valence-corrected chi connectivity index (χ4v) is 3.09. The van der Waals surface area contributed by atoms with Gasteiger partial charge in [-0.05, 0) is 31.2 Å². The molecule has 1 aromatic carbocycles. The van der Waals surface area contributed by atoms with E-state index in [1.807, 2.05) is 55.6 Å². The largest absolute Gasteiger partial charge is 0.354 e. The second-order valence-electron chi connectivity index (χ2n) is 6.69. The molecular weight excluding hydrogens is 324 g/mol. The van der Waals surface area contributed by atoms with Crippen LogP contribution in [0.3, 0.4) is 0 Å². The molecule has 136 valence electrons. The highest BCUT2D eigenvalue weighted by atomic mass is 16.1. The zero-order chi connectivity index (χ0) is 18.4. The van der Waals surface area contributed by atoms with Crippen LogP contribution >= 0.6 is 0 Å². The number of hydrogen-bond donors (Lipinski definition) is 1. The lowest BCUT2D eigenvalue weighted by Crippen LogP contribution is -2.45. The topological polar surface area (TPSA) is 48.5 Å². The first-order valence-corrected chi connectivity index (χ1v) is 9.02. The van der Waals surface area contributed by atoms with Crippen molar-refractivity contribution >= 4 is 17.3 Å².